The minimum atomic E-state index is 0.0783. The molecule has 1 aromatic rings. The number of hydrogen-bond acceptors (Lipinski definition) is 4. The second-order valence-electron chi connectivity index (χ2n) is 6.22. The number of nitrogens with one attached hydrogen (secondary N) is 1. The molecule has 2 rings (SSSR count). The van der Waals surface area contributed by atoms with Crippen LogP contribution in [0.4, 0.5) is 5.82 Å². The van der Waals surface area contributed by atoms with Crippen molar-refractivity contribution in [1.82, 2.24) is 10.2 Å². The molecule has 5 nitrogen and oxygen atoms in total. The average Bonchev–Trinajstić information content (AvgIpc) is 2.48. The van der Waals surface area contributed by atoms with Crippen LogP contribution >= 0.6 is 0 Å². The van der Waals surface area contributed by atoms with Crippen LogP contribution < -0.4 is 10.6 Å². The third kappa shape index (κ3) is 3.17. The lowest BCUT2D eigenvalue weighted by atomic mass is 9.84. The first-order valence-electron chi connectivity index (χ1n) is 7.86. The molecular weight excluding hydrogens is 262 g/mol. The lowest BCUT2D eigenvalue weighted by Crippen LogP contribution is -2.37. The van der Waals surface area contributed by atoms with Crippen LogP contribution in [-0.2, 0) is 0 Å². The highest BCUT2D eigenvalue weighted by Gasteiger charge is 2.26. The number of nitrogens with zero attached hydrogens (tertiary/aromatic N) is 3. The fourth-order valence-corrected chi connectivity index (χ4v) is 3.28. The number of nitrogens with two attached hydrogens (primary N) is 1. The summed E-state index contributed by atoms with van der Waals surface area (Å²) in [6.07, 6.45) is 6.19. The second-order valence-corrected chi connectivity index (χ2v) is 6.22. The van der Waals surface area contributed by atoms with Crippen molar-refractivity contribution in [1.29, 1.82) is 5.41 Å². The Kier molecular flexibility index (Phi) is 4.80. The van der Waals surface area contributed by atoms with Gasteiger partial charge in [-0.25, -0.2) is 0 Å². The number of hydrogen-bond donors (Lipinski definition) is 2. The van der Waals surface area contributed by atoms with Crippen molar-refractivity contribution in [3.05, 3.63) is 16.8 Å². The Balaban J connectivity index is 2.25. The van der Waals surface area contributed by atoms with Crippen LogP contribution in [0.5, 0.6) is 0 Å². The van der Waals surface area contributed by atoms with Gasteiger partial charge in [0.2, 0.25) is 0 Å². The first-order chi connectivity index (χ1) is 9.95. The Morgan fingerprint density at radius 2 is 1.86 bits per heavy atom. The van der Waals surface area contributed by atoms with Gasteiger partial charge in [-0.2, -0.15) is 5.10 Å². The van der Waals surface area contributed by atoms with Gasteiger partial charge < -0.3 is 10.6 Å². The summed E-state index contributed by atoms with van der Waals surface area (Å²) < 4.78 is 0. The van der Waals surface area contributed by atoms with Crippen molar-refractivity contribution in [3.63, 3.8) is 0 Å². The number of aromatic nitrogens is 2. The molecule has 0 unspecified atom stereocenters. The minimum absolute atomic E-state index is 0.0783. The van der Waals surface area contributed by atoms with Crippen molar-refractivity contribution in [3.8, 4) is 0 Å². The van der Waals surface area contributed by atoms with E-state index >= 15 is 0 Å². The Bertz CT molecular complexity index is 518. The Labute approximate surface area is 127 Å². The number of anilines is 1. The van der Waals surface area contributed by atoms with E-state index in [0.717, 1.165) is 28.6 Å². The zero-order valence-electron chi connectivity index (χ0n) is 13.6. The summed E-state index contributed by atoms with van der Waals surface area (Å²) in [4.78, 5) is 2.18. The summed E-state index contributed by atoms with van der Waals surface area (Å²) in [7, 11) is 2.06. The number of aryl methyl sites for hydroxylation is 1. The highest BCUT2D eigenvalue weighted by Crippen LogP contribution is 2.32. The third-order valence-electron chi connectivity index (χ3n) is 4.98. The van der Waals surface area contributed by atoms with Crippen LogP contribution in [0.1, 0.15) is 55.8 Å². The molecule has 0 bridgehead atoms. The Hall–Kier alpha value is -1.65. The highest BCUT2D eigenvalue weighted by atomic mass is 15.3. The van der Waals surface area contributed by atoms with Gasteiger partial charge in [-0.15, -0.1) is 5.10 Å². The van der Waals surface area contributed by atoms with Crippen LogP contribution in [0.25, 0.3) is 0 Å². The lowest BCUT2D eigenvalue weighted by molar-refractivity contribution is 0.312. The number of rotatable bonds is 4. The fraction of sp³-hybridized carbons (Fsp3) is 0.688. The molecule has 116 valence electrons. The van der Waals surface area contributed by atoms with Crippen molar-refractivity contribution in [2.24, 2.45) is 11.7 Å². The van der Waals surface area contributed by atoms with Crippen molar-refractivity contribution in [2.45, 2.75) is 58.9 Å². The van der Waals surface area contributed by atoms with E-state index in [4.69, 9.17) is 11.1 Å². The summed E-state index contributed by atoms with van der Waals surface area (Å²) in [5, 5.41) is 16.4. The van der Waals surface area contributed by atoms with Gasteiger partial charge in [0.1, 0.15) is 5.84 Å². The summed E-state index contributed by atoms with van der Waals surface area (Å²) in [5.41, 5.74) is 8.32. The van der Waals surface area contributed by atoms with E-state index in [1.165, 1.54) is 32.1 Å². The molecule has 0 aromatic carbocycles. The van der Waals surface area contributed by atoms with Crippen LogP contribution in [0, 0.1) is 25.2 Å². The summed E-state index contributed by atoms with van der Waals surface area (Å²) in [6.45, 7) is 6.15. The Morgan fingerprint density at radius 1 is 1.24 bits per heavy atom. The molecule has 3 N–H and O–H groups in total. The maximum absolute atomic E-state index is 7.87. The van der Waals surface area contributed by atoms with Crippen LogP contribution in [-0.4, -0.2) is 29.1 Å². The molecule has 0 radical (unpaired) electrons. The van der Waals surface area contributed by atoms with Gasteiger partial charge >= 0.3 is 0 Å². The molecule has 1 aliphatic rings. The maximum atomic E-state index is 7.87. The predicted molar refractivity (Wildman–Crippen MR) is 87.0 cm³/mol. The van der Waals surface area contributed by atoms with Crippen molar-refractivity contribution < 1.29 is 0 Å². The van der Waals surface area contributed by atoms with Gasteiger partial charge in [-0.1, -0.05) is 13.3 Å². The van der Waals surface area contributed by atoms with Crippen molar-refractivity contribution in [2.75, 3.05) is 11.9 Å². The van der Waals surface area contributed by atoms with Gasteiger partial charge in [0.25, 0.3) is 0 Å². The third-order valence-corrected chi connectivity index (χ3v) is 4.98. The summed E-state index contributed by atoms with van der Waals surface area (Å²) >= 11 is 0. The molecule has 1 aromatic heterocycles. The number of nitrogen functional groups attached to an aromatic ring is 1. The molecule has 0 aliphatic heterocycles. The monoisotopic (exact) mass is 289 g/mol. The molecule has 21 heavy (non-hydrogen) atoms. The van der Waals surface area contributed by atoms with E-state index in [9.17, 15) is 0 Å². The molecule has 1 heterocycles. The standard InChI is InChI=1S/C16H27N5/c1-5-12-6-8-13(9-7-12)21(4)16-14(15(17)18)10(2)11(3)19-20-16/h12-13H,5-9H2,1-4H3,(H3,17,18). The Morgan fingerprint density at radius 3 is 2.38 bits per heavy atom. The van der Waals surface area contributed by atoms with Crippen LogP contribution in [0.2, 0.25) is 0 Å². The molecule has 1 fully saturated rings. The smallest absolute Gasteiger partial charge is 0.162 e. The van der Waals surface area contributed by atoms with Crippen LogP contribution in [0.15, 0.2) is 0 Å². The second kappa shape index (κ2) is 6.41. The molecule has 0 spiro atoms. The average molecular weight is 289 g/mol. The summed E-state index contributed by atoms with van der Waals surface area (Å²) in [5.74, 6) is 1.70. The van der Waals surface area contributed by atoms with Gasteiger partial charge in [0, 0.05) is 13.1 Å². The normalized spacial score (nSPS) is 22.1. The van der Waals surface area contributed by atoms with E-state index in [1.54, 1.807) is 0 Å². The van der Waals surface area contributed by atoms with E-state index in [2.05, 4.69) is 29.1 Å². The maximum Gasteiger partial charge on any atom is 0.162 e. The zero-order valence-corrected chi connectivity index (χ0v) is 13.6. The first-order valence-corrected chi connectivity index (χ1v) is 7.86. The zero-order chi connectivity index (χ0) is 15.6. The van der Waals surface area contributed by atoms with Crippen molar-refractivity contribution >= 4 is 11.7 Å². The molecule has 1 saturated carbocycles. The molecule has 0 amide bonds. The van der Waals surface area contributed by atoms with Gasteiger partial charge in [-0.05, 0) is 51.0 Å². The van der Waals surface area contributed by atoms with E-state index < -0.39 is 0 Å². The van der Waals surface area contributed by atoms with Crippen LogP contribution in [0.3, 0.4) is 0 Å². The van der Waals surface area contributed by atoms with Gasteiger partial charge in [-0.3, -0.25) is 5.41 Å². The number of amidine groups is 1. The van der Waals surface area contributed by atoms with Gasteiger partial charge in [0.15, 0.2) is 5.82 Å². The SMILES string of the molecule is CCC1CCC(N(C)c2nnc(C)c(C)c2C(=N)N)CC1. The molecular formula is C16H27N5. The van der Waals surface area contributed by atoms with E-state index in [0.29, 0.717) is 6.04 Å². The fourth-order valence-electron chi connectivity index (χ4n) is 3.28. The summed E-state index contributed by atoms with van der Waals surface area (Å²) in [6, 6.07) is 0.474. The van der Waals surface area contributed by atoms with E-state index in [-0.39, 0.29) is 5.84 Å². The highest BCUT2D eigenvalue weighted by molar-refractivity contribution is 6.01. The molecule has 0 saturated heterocycles. The largest absolute Gasteiger partial charge is 0.384 e. The first kappa shape index (κ1) is 15.7. The predicted octanol–water partition coefficient (Wildman–Crippen LogP) is 2.78. The van der Waals surface area contributed by atoms with Gasteiger partial charge in [0.05, 0.1) is 11.3 Å². The topological polar surface area (TPSA) is 78.9 Å². The minimum Gasteiger partial charge on any atom is -0.384 e. The quantitative estimate of drug-likeness (QED) is 0.660. The lowest BCUT2D eigenvalue weighted by Gasteiger charge is -2.35. The van der Waals surface area contributed by atoms with E-state index in [1.807, 2.05) is 13.8 Å². The molecule has 5 heteroatoms. The molecule has 0 atom stereocenters. The molecule has 1 aliphatic carbocycles.